The van der Waals surface area contributed by atoms with Crippen molar-refractivity contribution in [3.8, 4) is 0 Å². The maximum absolute atomic E-state index is 10.9. The van der Waals surface area contributed by atoms with Crippen LogP contribution in [0.15, 0.2) is 17.5 Å². The van der Waals surface area contributed by atoms with Crippen LogP contribution in [0.5, 0.6) is 0 Å². The molecule has 2 aromatic rings. The number of thioether (sulfide) groups is 1. The van der Waals surface area contributed by atoms with E-state index in [0.717, 1.165) is 11.4 Å². The van der Waals surface area contributed by atoms with Crippen LogP contribution in [0.4, 0.5) is 16.6 Å². The Morgan fingerprint density at radius 3 is 2.88 bits per heavy atom. The van der Waals surface area contributed by atoms with E-state index >= 15 is 0 Å². The highest BCUT2D eigenvalue weighted by Gasteiger charge is 2.15. The number of guanidine groups is 1. The monoisotopic (exact) mass is 423 g/mol. The first-order chi connectivity index (χ1) is 11.5. The predicted octanol–water partition coefficient (Wildman–Crippen LogP) is -2.57. The van der Waals surface area contributed by atoms with Gasteiger partial charge in [0.2, 0.25) is 5.82 Å². The van der Waals surface area contributed by atoms with Gasteiger partial charge in [-0.25, -0.2) is 9.98 Å². The Balaban J connectivity index is 0.00000312. The maximum atomic E-state index is 10.9. The fraction of sp³-hybridized carbons (Fsp3) is 0.250. The van der Waals surface area contributed by atoms with Gasteiger partial charge in [-0.1, -0.05) is 22.9 Å². The van der Waals surface area contributed by atoms with Crippen LogP contribution in [0.2, 0.25) is 5.15 Å². The number of rotatable bonds is 8. The van der Waals surface area contributed by atoms with Crippen molar-refractivity contribution < 1.29 is 22.3 Å². The van der Waals surface area contributed by atoms with E-state index in [2.05, 4.69) is 20.3 Å². The van der Waals surface area contributed by atoms with Gasteiger partial charge in [0.1, 0.15) is 10.8 Å². The van der Waals surface area contributed by atoms with Crippen molar-refractivity contribution in [3.63, 3.8) is 0 Å². The SMILES string of the molecule is NC(N)=[NH+]c1nc(CSCCNc2nc(Cl)ccc2[N+](=O)[O-])cs1.[Cl-]. The van der Waals surface area contributed by atoms with Crippen LogP contribution in [-0.2, 0) is 5.75 Å². The predicted molar refractivity (Wildman–Crippen MR) is 96.7 cm³/mol. The molecule has 13 heteroatoms. The van der Waals surface area contributed by atoms with Crippen LogP contribution in [0, 0.1) is 10.1 Å². The summed E-state index contributed by atoms with van der Waals surface area (Å²) in [5.41, 5.74) is 11.5. The van der Waals surface area contributed by atoms with E-state index in [1.54, 1.807) is 11.8 Å². The first-order valence-corrected chi connectivity index (χ1v) is 9.09. The first kappa shape index (κ1) is 21.2. The minimum absolute atomic E-state index is 0. The van der Waals surface area contributed by atoms with E-state index < -0.39 is 4.92 Å². The molecule has 6 N–H and O–H groups in total. The second-order valence-electron chi connectivity index (χ2n) is 4.46. The minimum Gasteiger partial charge on any atom is -1.00 e. The molecule has 0 fully saturated rings. The summed E-state index contributed by atoms with van der Waals surface area (Å²) in [5, 5.41) is 16.6. The van der Waals surface area contributed by atoms with Gasteiger partial charge in [0.05, 0.1) is 4.92 Å². The van der Waals surface area contributed by atoms with Gasteiger partial charge in [-0.05, 0) is 6.07 Å². The van der Waals surface area contributed by atoms with E-state index in [4.69, 9.17) is 23.1 Å². The Morgan fingerprint density at radius 2 is 2.20 bits per heavy atom. The number of hydrogen-bond acceptors (Lipinski definition) is 7. The largest absolute Gasteiger partial charge is 1.00 e. The van der Waals surface area contributed by atoms with Crippen LogP contribution < -0.4 is 34.2 Å². The zero-order valence-electron chi connectivity index (χ0n) is 12.7. The molecule has 0 aliphatic carbocycles. The molecule has 0 aliphatic heterocycles. The Morgan fingerprint density at radius 1 is 1.44 bits per heavy atom. The van der Waals surface area contributed by atoms with Crippen LogP contribution >= 0.6 is 34.7 Å². The molecule has 9 nitrogen and oxygen atoms in total. The Hall–Kier alpha value is -1.82. The number of aromatic nitrogens is 2. The van der Waals surface area contributed by atoms with Crippen molar-refractivity contribution in [2.24, 2.45) is 11.5 Å². The Bertz CT molecular complexity index is 753. The highest BCUT2D eigenvalue weighted by Crippen LogP contribution is 2.24. The van der Waals surface area contributed by atoms with Crippen molar-refractivity contribution in [1.82, 2.24) is 9.97 Å². The number of pyridine rings is 1. The standard InChI is InChI=1S/C12H14ClN7O2S2.ClH/c13-9-2-1-8(20(21)22)10(18-9)16-3-4-23-5-7-6-24-12(17-7)19-11(14)15;/h1-2,6H,3-5H2,(H,16,18)(H4,14,15,17,19);1H. The quantitative estimate of drug-likeness (QED) is 0.0904. The molecule has 2 aromatic heterocycles. The van der Waals surface area contributed by atoms with Gasteiger partial charge in [-0.15, -0.1) is 4.98 Å². The van der Waals surface area contributed by atoms with Crippen LogP contribution in [-0.4, -0.2) is 33.1 Å². The number of nitro groups is 1. The Labute approximate surface area is 162 Å². The molecular formula is C12H15Cl2N7O2S2. The van der Waals surface area contributed by atoms with Gasteiger partial charge in [0, 0.05) is 29.5 Å². The molecule has 0 amide bonds. The summed E-state index contributed by atoms with van der Waals surface area (Å²) in [4.78, 5) is 21.4. The van der Waals surface area contributed by atoms with Crippen molar-refractivity contribution in [3.05, 3.63) is 38.5 Å². The number of nitrogens with one attached hydrogen (secondary N) is 2. The molecule has 2 heterocycles. The normalized spacial score (nSPS) is 9.96. The molecule has 0 saturated heterocycles. The van der Waals surface area contributed by atoms with Gasteiger partial charge < -0.3 is 29.2 Å². The van der Waals surface area contributed by atoms with Gasteiger partial charge in [0.25, 0.3) is 5.13 Å². The lowest BCUT2D eigenvalue weighted by atomic mass is 10.4. The molecule has 25 heavy (non-hydrogen) atoms. The third-order valence-electron chi connectivity index (χ3n) is 2.63. The summed E-state index contributed by atoms with van der Waals surface area (Å²) >= 11 is 8.81. The zero-order chi connectivity index (χ0) is 17.5. The summed E-state index contributed by atoms with van der Waals surface area (Å²) in [5.74, 6) is 1.69. The van der Waals surface area contributed by atoms with E-state index in [-0.39, 0.29) is 35.0 Å². The van der Waals surface area contributed by atoms with Gasteiger partial charge in [0.15, 0.2) is 0 Å². The average Bonchev–Trinajstić information content (AvgIpc) is 2.93. The number of hydrogen-bond donors (Lipinski definition) is 4. The first-order valence-electron chi connectivity index (χ1n) is 6.67. The van der Waals surface area contributed by atoms with E-state index in [1.807, 2.05) is 5.38 Å². The summed E-state index contributed by atoms with van der Waals surface area (Å²) < 4.78 is 0. The van der Waals surface area contributed by atoms with Crippen LogP contribution in [0.1, 0.15) is 5.69 Å². The number of thiazole rings is 1. The average molecular weight is 424 g/mol. The number of anilines is 1. The second-order valence-corrected chi connectivity index (χ2v) is 6.81. The highest BCUT2D eigenvalue weighted by atomic mass is 35.5. The maximum Gasteiger partial charge on any atom is 0.311 e. The molecular weight excluding hydrogens is 409 g/mol. The molecule has 0 aliphatic rings. The topological polar surface area (TPSA) is 147 Å². The van der Waals surface area contributed by atoms with Crippen LogP contribution in [0.25, 0.3) is 0 Å². The summed E-state index contributed by atoms with van der Waals surface area (Å²) in [7, 11) is 0. The van der Waals surface area contributed by atoms with Crippen molar-refractivity contribution >= 4 is 57.3 Å². The summed E-state index contributed by atoms with van der Waals surface area (Å²) in [6.45, 7) is 0.512. The molecule has 0 aromatic carbocycles. The number of nitrogens with two attached hydrogens (primary N) is 2. The molecule has 0 spiro atoms. The fourth-order valence-electron chi connectivity index (χ4n) is 1.68. The third-order valence-corrected chi connectivity index (χ3v) is 4.64. The number of nitrogens with zero attached hydrogens (tertiary/aromatic N) is 3. The summed E-state index contributed by atoms with van der Waals surface area (Å²) in [6, 6.07) is 2.72. The highest BCUT2D eigenvalue weighted by molar-refractivity contribution is 7.98. The third kappa shape index (κ3) is 6.90. The van der Waals surface area contributed by atoms with E-state index in [1.165, 1.54) is 23.5 Å². The van der Waals surface area contributed by atoms with Gasteiger partial charge >= 0.3 is 11.6 Å². The molecule has 0 saturated carbocycles. The molecule has 136 valence electrons. The molecule has 0 radical (unpaired) electrons. The zero-order valence-corrected chi connectivity index (χ0v) is 15.9. The van der Waals surface area contributed by atoms with Crippen LogP contribution in [0.3, 0.4) is 0 Å². The molecule has 0 bridgehead atoms. The van der Waals surface area contributed by atoms with Crippen molar-refractivity contribution in [1.29, 1.82) is 0 Å². The van der Waals surface area contributed by atoms with Crippen molar-refractivity contribution in [2.75, 3.05) is 17.6 Å². The van der Waals surface area contributed by atoms with Crippen molar-refractivity contribution in [2.45, 2.75) is 5.75 Å². The second kappa shape index (κ2) is 10.2. The molecule has 2 rings (SSSR count). The lowest BCUT2D eigenvalue weighted by molar-refractivity contribution is -0.384. The molecule has 0 unspecified atom stereocenters. The minimum atomic E-state index is -0.497. The van der Waals surface area contributed by atoms with E-state index in [0.29, 0.717) is 17.4 Å². The Kier molecular flexibility index (Phi) is 8.69. The van der Waals surface area contributed by atoms with Gasteiger partial charge in [-0.3, -0.25) is 10.1 Å². The lowest BCUT2D eigenvalue weighted by Gasteiger charge is -2.05. The summed E-state index contributed by atoms with van der Waals surface area (Å²) in [6.07, 6.45) is 0. The van der Waals surface area contributed by atoms with Gasteiger partial charge in [-0.2, -0.15) is 11.8 Å². The lowest BCUT2D eigenvalue weighted by Crippen LogP contribution is -3.00. The van der Waals surface area contributed by atoms with E-state index in [9.17, 15) is 10.1 Å². The molecule has 0 atom stereocenters. The number of halogens is 2. The smallest absolute Gasteiger partial charge is 0.311 e. The fourth-order valence-corrected chi connectivity index (χ4v) is 3.41.